The van der Waals surface area contributed by atoms with Gasteiger partial charge in [-0.05, 0) is 45.2 Å². The van der Waals surface area contributed by atoms with Crippen molar-refractivity contribution in [2.24, 2.45) is 0 Å². The molecular formula is C39H33NO4. The fraction of sp³-hybridized carbons (Fsp3) is 0.179. The molecule has 0 N–H and O–H groups in total. The SMILES string of the molecule is CCOC(=O)/C(Cc1ccc2ccccc2c1)=C1\C[C@H](c2ccc3ccccc3c2)C2=C(O1)C(=O)N(Cc1ccccc1)C2. The quantitative estimate of drug-likeness (QED) is 0.146. The number of carbonyl (C=O) groups excluding carboxylic acids is 2. The number of hydrogen-bond donors (Lipinski definition) is 0. The Labute approximate surface area is 257 Å². The molecule has 44 heavy (non-hydrogen) atoms. The van der Waals surface area contributed by atoms with Crippen LogP contribution in [0.1, 0.15) is 36.0 Å². The van der Waals surface area contributed by atoms with Crippen LogP contribution in [0.15, 0.2) is 138 Å². The highest BCUT2D eigenvalue weighted by atomic mass is 16.5. The largest absolute Gasteiger partial charge is 0.463 e. The summed E-state index contributed by atoms with van der Waals surface area (Å²) in [5.74, 6) is 0.150. The molecule has 1 amide bonds. The number of allylic oxidation sites excluding steroid dienone is 1. The van der Waals surface area contributed by atoms with E-state index in [4.69, 9.17) is 9.47 Å². The van der Waals surface area contributed by atoms with Gasteiger partial charge in [-0.15, -0.1) is 0 Å². The molecule has 0 spiro atoms. The second-order valence-electron chi connectivity index (χ2n) is 11.4. The Balaban J connectivity index is 1.31. The van der Waals surface area contributed by atoms with E-state index in [0.29, 0.717) is 43.0 Å². The first-order valence-corrected chi connectivity index (χ1v) is 15.2. The Morgan fingerprint density at radius 2 is 1.45 bits per heavy atom. The molecule has 1 atom stereocenters. The minimum Gasteiger partial charge on any atom is -0.463 e. The normalized spacial score (nSPS) is 17.5. The highest BCUT2D eigenvalue weighted by molar-refractivity contribution is 5.97. The van der Waals surface area contributed by atoms with Gasteiger partial charge in [0.25, 0.3) is 5.91 Å². The van der Waals surface area contributed by atoms with Gasteiger partial charge < -0.3 is 14.4 Å². The molecule has 218 valence electrons. The van der Waals surface area contributed by atoms with E-state index in [1.807, 2.05) is 65.6 Å². The van der Waals surface area contributed by atoms with Gasteiger partial charge in [-0.2, -0.15) is 0 Å². The molecule has 0 fully saturated rings. The topological polar surface area (TPSA) is 55.8 Å². The number of hydrogen-bond acceptors (Lipinski definition) is 4. The Morgan fingerprint density at radius 3 is 2.18 bits per heavy atom. The lowest BCUT2D eigenvalue weighted by Crippen LogP contribution is -2.27. The molecule has 7 rings (SSSR count). The van der Waals surface area contributed by atoms with Crippen LogP contribution < -0.4 is 0 Å². The van der Waals surface area contributed by atoms with Crippen LogP contribution in [-0.4, -0.2) is 29.9 Å². The van der Waals surface area contributed by atoms with Gasteiger partial charge in [0.05, 0.1) is 12.2 Å². The first-order valence-electron chi connectivity index (χ1n) is 15.2. The van der Waals surface area contributed by atoms with Crippen LogP contribution in [0.2, 0.25) is 0 Å². The summed E-state index contributed by atoms with van der Waals surface area (Å²) >= 11 is 0. The highest BCUT2D eigenvalue weighted by Crippen LogP contribution is 2.45. The third kappa shape index (κ3) is 5.37. The van der Waals surface area contributed by atoms with Gasteiger partial charge in [-0.1, -0.05) is 115 Å². The predicted octanol–water partition coefficient (Wildman–Crippen LogP) is 7.85. The fourth-order valence-corrected chi connectivity index (χ4v) is 6.40. The van der Waals surface area contributed by atoms with E-state index in [9.17, 15) is 9.59 Å². The second kappa shape index (κ2) is 11.8. The summed E-state index contributed by atoms with van der Waals surface area (Å²) in [6.07, 6.45) is 0.805. The van der Waals surface area contributed by atoms with Crippen LogP contribution in [0.4, 0.5) is 0 Å². The average molecular weight is 580 g/mol. The van der Waals surface area contributed by atoms with Gasteiger partial charge in [0.1, 0.15) is 5.76 Å². The Kier molecular flexibility index (Phi) is 7.45. The first-order chi connectivity index (χ1) is 21.6. The number of fused-ring (bicyclic) bond motifs is 2. The summed E-state index contributed by atoms with van der Waals surface area (Å²) < 4.78 is 12.1. The van der Waals surface area contributed by atoms with Crippen LogP contribution in [0.5, 0.6) is 0 Å². The van der Waals surface area contributed by atoms with Crippen LogP contribution in [0.3, 0.4) is 0 Å². The van der Waals surface area contributed by atoms with Crippen molar-refractivity contribution in [2.75, 3.05) is 13.2 Å². The summed E-state index contributed by atoms with van der Waals surface area (Å²) in [5.41, 5.74) is 4.54. The summed E-state index contributed by atoms with van der Waals surface area (Å²) in [6.45, 7) is 3.02. The molecule has 5 aromatic rings. The zero-order valence-corrected chi connectivity index (χ0v) is 24.7. The molecule has 0 saturated carbocycles. The molecule has 2 aliphatic heterocycles. The van der Waals surface area contributed by atoms with Crippen molar-refractivity contribution in [2.45, 2.75) is 32.2 Å². The van der Waals surface area contributed by atoms with Gasteiger partial charge >= 0.3 is 5.97 Å². The van der Waals surface area contributed by atoms with Crippen LogP contribution >= 0.6 is 0 Å². The third-order valence-electron chi connectivity index (χ3n) is 8.62. The number of benzene rings is 5. The van der Waals surface area contributed by atoms with E-state index in [0.717, 1.165) is 43.8 Å². The zero-order chi connectivity index (χ0) is 30.0. The lowest BCUT2D eigenvalue weighted by Gasteiger charge is -2.28. The Morgan fingerprint density at radius 1 is 0.795 bits per heavy atom. The van der Waals surface area contributed by atoms with Gasteiger partial charge in [-0.3, -0.25) is 4.79 Å². The minimum atomic E-state index is -0.413. The molecule has 0 saturated heterocycles. The van der Waals surface area contributed by atoms with E-state index in [1.165, 1.54) is 0 Å². The molecule has 5 aromatic carbocycles. The van der Waals surface area contributed by atoms with Gasteiger partial charge in [0, 0.05) is 37.4 Å². The Hall–Kier alpha value is -5.16. The van der Waals surface area contributed by atoms with E-state index >= 15 is 0 Å². The molecular weight excluding hydrogens is 546 g/mol. The van der Waals surface area contributed by atoms with Crippen molar-refractivity contribution in [3.05, 3.63) is 155 Å². The van der Waals surface area contributed by atoms with Crippen molar-refractivity contribution in [1.29, 1.82) is 0 Å². The van der Waals surface area contributed by atoms with Gasteiger partial charge in [-0.25, -0.2) is 4.79 Å². The predicted molar refractivity (Wildman–Crippen MR) is 173 cm³/mol. The Bertz CT molecular complexity index is 1960. The molecule has 0 aromatic heterocycles. The highest BCUT2D eigenvalue weighted by Gasteiger charge is 2.42. The average Bonchev–Trinajstić information content (AvgIpc) is 3.37. The monoisotopic (exact) mass is 579 g/mol. The lowest BCUT2D eigenvalue weighted by molar-refractivity contribution is -0.139. The third-order valence-corrected chi connectivity index (χ3v) is 8.62. The second-order valence-corrected chi connectivity index (χ2v) is 11.4. The number of carbonyl (C=O) groups is 2. The van der Waals surface area contributed by atoms with Crippen LogP contribution in [-0.2, 0) is 32.0 Å². The molecule has 5 nitrogen and oxygen atoms in total. The number of ether oxygens (including phenoxy) is 2. The van der Waals surface area contributed by atoms with Crippen molar-refractivity contribution in [3.8, 4) is 0 Å². The zero-order valence-electron chi connectivity index (χ0n) is 24.7. The molecule has 5 heteroatoms. The minimum absolute atomic E-state index is 0.121. The van der Waals surface area contributed by atoms with E-state index in [-0.39, 0.29) is 18.4 Å². The number of esters is 1. The van der Waals surface area contributed by atoms with Crippen molar-refractivity contribution in [3.63, 3.8) is 0 Å². The molecule has 0 unspecified atom stereocenters. The van der Waals surface area contributed by atoms with Crippen molar-refractivity contribution in [1.82, 2.24) is 4.90 Å². The number of nitrogens with zero attached hydrogens (tertiary/aromatic N) is 1. The molecule has 0 bridgehead atoms. The summed E-state index contributed by atoms with van der Waals surface area (Å²) in [6, 6.07) is 39.1. The number of rotatable bonds is 7. The van der Waals surface area contributed by atoms with E-state index in [1.54, 1.807) is 6.92 Å². The molecule has 2 aliphatic rings. The van der Waals surface area contributed by atoms with Crippen LogP contribution in [0, 0.1) is 0 Å². The maximum absolute atomic E-state index is 13.9. The van der Waals surface area contributed by atoms with Crippen molar-refractivity contribution < 1.29 is 19.1 Å². The summed E-state index contributed by atoms with van der Waals surface area (Å²) in [4.78, 5) is 29.3. The molecule has 2 heterocycles. The number of amides is 1. The first kappa shape index (κ1) is 27.7. The maximum atomic E-state index is 13.9. The smallest absolute Gasteiger partial charge is 0.337 e. The van der Waals surface area contributed by atoms with Gasteiger partial charge in [0.2, 0.25) is 0 Å². The standard InChI is InChI=1S/C39H33NO4/c1-2-43-39(42)34(21-27-16-17-28-12-6-8-14-30(28)20-27)36-23-33(32-19-18-29-13-7-9-15-31(29)22-32)35-25-40(38(41)37(35)44-36)24-26-10-4-3-5-11-26/h3-20,22,33H,2,21,23-25H2,1H3/b36-34+/t33-/m1/s1. The molecule has 0 radical (unpaired) electrons. The summed E-state index contributed by atoms with van der Waals surface area (Å²) in [7, 11) is 0. The maximum Gasteiger partial charge on any atom is 0.337 e. The van der Waals surface area contributed by atoms with Crippen LogP contribution in [0.25, 0.3) is 21.5 Å². The van der Waals surface area contributed by atoms with E-state index < -0.39 is 5.97 Å². The summed E-state index contributed by atoms with van der Waals surface area (Å²) in [5, 5.41) is 4.53. The molecule has 0 aliphatic carbocycles. The van der Waals surface area contributed by atoms with E-state index in [2.05, 4.69) is 54.6 Å². The fourth-order valence-electron chi connectivity index (χ4n) is 6.40. The van der Waals surface area contributed by atoms with Gasteiger partial charge in [0.15, 0.2) is 5.76 Å². The van der Waals surface area contributed by atoms with Crippen molar-refractivity contribution >= 4 is 33.4 Å². The lowest BCUT2D eigenvalue weighted by atomic mass is 9.83.